The van der Waals surface area contributed by atoms with Crippen LogP contribution in [-0.4, -0.2) is 25.2 Å². The van der Waals surface area contributed by atoms with Crippen LogP contribution in [0.4, 0.5) is 5.69 Å². The number of Topliss-reactive ketones (excluding diaryl/α,β-unsaturated/α-hetero) is 2. The summed E-state index contributed by atoms with van der Waals surface area (Å²) < 4.78 is 28.3. The summed E-state index contributed by atoms with van der Waals surface area (Å²) in [7, 11) is -3.95. The maximum absolute atomic E-state index is 14.1. The third kappa shape index (κ3) is 8.14. The first-order valence-corrected chi connectivity index (χ1v) is 16.2. The minimum atomic E-state index is -3.95. The molecule has 1 aromatic carbocycles. The van der Waals surface area contributed by atoms with Crippen LogP contribution in [0.2, 0.25) is 0 Å². The number of allylic oxidation sites excluding steroid dienone is 3. The van der Waals surface area contributed by atoms with E-state index in [0.29, 0.717) is 53.7 Å². The number of hydrogen-bond acceptors (Lipinski definition) is 5. The number of anilines is 1. The smallest absolute Gasteiger partial charge is 0.186 e. The number of nitrogen functional groups attached to an aromatic ring is 1. The third-order valence-electron chi connectivity index (χ3n) is 7.87. The second-order valence-corrected chi connectivity index (χ2v) is 13.0. The molecule has 1 aliphatic carbocycles. The van der Waals surface area contributed by atoms with Crippen LogP contribution in [0.1, 0.15) is 123 Å². The van der Waals surface area contributed by atoms with Crippen LogP contribution in [0.15, 0.2) is 45.4 Å². The van der Waals surface area contributed by atoms with Gasteiger partial charge >= 0.3 is 0 Å². The van der Waals surface area contributed by atoms with Crippen molar-refractivity contribution >= 4 is 27.1 Å². The van der Waals surface area contributed by atoms with Crippen molar-refractivity contribution < 1.29 is 18.0 Å². The number of benzene rings is 1. The highest BCUT2D eigenvalue weighted by Gasteiger charge is 2.40. The predicted octanol–water partition coefficient (Wildman–Crippen LogP) is 8.01. The first-order valence-electron chi connectivity index (χ1n) is 14.7. The monoisotopic (exact) mass is 543 g/mol. The van der Waals surface area contributed by atoms with Crippen LogP contribution in [0.3, 0.4) is 0 Å². The van der Waals surface area contributed by atoms with Crippen molar-refractivity contribution in [2.45, 2.75) is 135 Å². The van der Waals surface area contributed by atoms with Gasteiger partial charge in [-0.3, -0.25) is 9.59 Å². The molecule has 5 nitrogen and oxygen atoms in total. The van der Waals surface area contributed by atoms with Crippen LogP contribution in [0.5, 0.6) is 0 Å². The highest BCUT2D eigenvalue weighted by atomic mass is 32.2. The Balaban J connectivity index is 2.26. The Morgan fingerprint density at radius 1 is 0.737 bits per heavy atom. The van der Waals surface area contributed by atoms with Crippen molar-refractivity contribution in [3.8, 4) is 0 Å². The fourth-order valence-electron chi connectivity index (χ4n) is 5.39. The molecule has 6 heteroatoms. The van der Waals surface area contributed by atoms with Gasteiger partial charge in [-0.05, 0) is 51.3 Å². The molecular weight excluding hydrogens is 494 g/mol. The molecule has 0 fully saturated rings. The summed E-state index contributed by atoms with van der Waals surface area (Å²) in [6.07, 6.45) is 14.1. The van der Waals surface area contributed by atoms with E-state index in [1.54, 1.807) is 32.9 Å². The number of rotatable bonds is 17. The summed E-state index contributed by atoms with van der Waals surface area (Å²) in [5.74, 6) is -0.494. The summed E-state index contributed by atoms with van der Waals surface area (Å²) >= 11 is 0. The molecule has 2 rings (SSSR count). The third-order valence-corrected chi connectivity index (χ3v) is 10.1. The van der Waals surface area contributed by atoms with Crippen LogP contribution < -0.4 is 5.73 Å². The molecule has 212 valence electrons. The fraction of sp³-hybridized carbons (Fsp3) is 0.625. The van der Waals surface area contributed by atoms with Gasteiger partial charge in [-0.1, -0.05) is 97.0 Å². The van der Waals surface area contributed by atoms with Gasteiger partial charge in [0.1, 0.15) is 0 Å². The van der Waals surface area contributed by atoms with Crippen molar-refractivity contribution in [3.63, 3.8) is 0 Å². The number of sulfone groups is 1. The lowest BCUT2D eigenvalue weighted by Gasteiger charge is -2.27. The lowest BCUT2D eigenvalue weighted by molar-refractivity contribution is -0.116. The lowest BCUT2D eigenvalue weighted by Crippen LogP contribution is -2.34. The summed E-state index contributed by atoms with van der Waals surface area (Å²) in [5, 5.41) is -1.05. The van der Waals surface area contributed by atoms with E-state index < -0.39 is 15.1 Å². The number of carbonyl (C=O) groups is 2. The number of hydrogen-bond donors (Lipinski definition) is 1. The molecule has 0 spiro atoms. The average Bonchev–Trinajstić information content (AvgIpc) is 2.89. The Morgan fingerprint density at radius 3 is 1.82 bits per heavy atom. The first kappa shape index (κ1) is 32.0. The molecular formula is C32H49NO4S. The molecule has 0 aromatic heterocycles. The molecule has 1 aliphatic rings. The summed E-state index contributed by atoms with van der Waals surface area (Å²) in [6.45, 7) is 9.22. The number of aryl methyl sites for hydroxylation is 1. The van der Waals surface area contributed by atoms with Gasteiger partial charge in [0.05, 0.1) is 10.1 Å². The van der Waals surface area contributed by atoms with E-state index in [0.717, 1.165) is 19.3 Å². The average molecular weight is 544 g/mol. The van der Waals surface area contributed by atoms with E-state index in [4.69, 9.17) is 5.73 Å². The lowest BCUT2D eigenvalue weighted by atomic mass is 9.81. The highest BCUT2D eigenvalue weighted by Crippen LogP contribution is 2.37. The number of nitrogens with two attached hydrogens (primary N) is 1. The number of unbranched alkanes of at least 4 members (excludes halogenated alkanes) is 10. The molecule has 0 bridgehead atoms. The van der Waals surface area contributed by atoms with Crippen molar-refractivity contribution in [1.82, 2.24) is 0 Å². The minimum Gasteiger partial charge on any atom is -0.399 e. The van der Waals surface area contributed by atoms with Crippen molar-refractivity contribution in [3.05, 3.63) is 46.1 Å². The molecule has 1 aromatic rings. The molecule has 1 atom stereocenters. The van der Waals surface area contributed by atoms with E-state index in [2.05, 4.69) is 6.92 Å². The SMILES string of the molecule is CCCCCCCCCCCCCC(C1=C(CCC)C(=O)C(C)=C(C)C1=O)S(=O)(=O)c1cc(N)ccc1C. The Morgan fingerprint density at radius 2 is 1.26 bits per heavy atom. The molecule has 0 saturated carbocycles. The zero-order valence-corrected chi connectivity index (χ0v) is 25.1. The van der Waals surface area contributed by atoms with Gasteiger partial charge in [0.15, 0.2) is 21.4 Å². The number of ketones is 2. The molecule has 38 heavy (non-hydrogen) atoms. The van der Waals surface area contributed by atoms with Crippen LogP contribution in [0.25, 0.3) is 0 Å². The maximum Gasteiger partial charge on any atom is 0.186 e. The van der Waals surface area contributed by atoms with Gasteiger partial charge in [-0.25, -0.2) is 8.42 Å². The fourth-order valence-corrected chi connectivity index (χ4v) is 7.55. The Kier molecular flexibility index (Phi) is 13.0. The van der Waals surface area contributed by atoms with Crippen molar-refractivity contribution in [2.24, 2.45) is 0 Å². The first-order chi connectivity index (χ1) is 18.1. The second-order valence-electron chi connectivity index (χ2n) is 10.9. The van der Waals surface area contributed by atoms with E-state index in [-0.39, 0.29) is 22.0 Å². The Labute approximate surface area is 231 Å². The summed E-state index contributed by atoms with van der Waals surface area (Å²) in [6, 6.07) is 4.87. The predicted molar refractivity (Wildman–Crippen MR) is 158 cm³/mol. The zero-order valence-electron chi connectivity index (χ0n) is 24.3. The quantitative estimate of drug-likeness (QED) is 0.122. The molecule has 0 amide bonds. The molecule has 0 heterocycles. The van der Waals surface area contributed by atoms with Crippen LogP contribution in [0, 0.1) is 6.92 Å². The standard InChI is InChI=1S/C32H49NO4S/c1-6-8-9-10-11-12-13-14-15-16-17-19-28(38(36,37)29-22-26(33)21-20-23(29)3)30-27(18-7-2)31(34)24(4)25(5)32(30)35/h20-22,28H,6-19,33H2,1-5H3. The Hall–Kier alpha value is -2.21. The van der Waals surface area contributed by atoms with Gasteiger partial charge in [0.25, 0.3) is 0 Å². The van der Waals surface area contributed by atoms with Crippen LogP contribution >= 0.6 is 0 Å². The molecule has 0 aliphatic heterocycles. The van der Waals surface area contributed by atoms with Crippen molar-refractivity contribution in [2.75, 3.05) is 5.73 Å². The molecule has 0 saturated heterocycles. The van der Waals surface area contributed by atoms with E-state index in [1.807, 2.05) is 6.92 Å². The number of carbonyl (C=O) groups excluding carboxylic acids is 2. The highest BCUT2D eigenvalue weighted by molar-refractivity contribution is 7.92. The molecule has 2 N–H and O–H groups in total. The molecule has 1 unspecified atom stereocenters. The zero-order chi connectivity index (χ0) is 28.3. The van der Waals surface area contributed by atoms with Gasteiger partial charge in [0, 0.05) is 28.0 Å². The summed E-state index contributed by atoms with van der Waals surface area (Å²) in [5.41, 5.74) is 8.28. The summed E-state index contributed by atoms with van der Waals surface area (Å²) in [4.78, 5) is 27.0. The minimum absolute atomic E-state index is 0.151. The maximum atomic E-state index is 14.1. The van der Waals surface area contributed by atoms with Gasteiger partial charge < -0.3 is 5.73 Å². The van der Waals surface area contributed by atoms with E-state index >= 15 is 0 Å². The largest absolute Gasteiger partial charge is 0.399 e. The normalized spacial score (nSPS) is 15.5. The van der Waals surface area contributed by atoms with E-state index in [1.165, 1.54) is 51.0 Å². The van der Waals surface area contributed by atoms with Crippen molar-refractivity contribution in [1.29, 1.82) is 0 Å². The van der Waals surface area contributed by atoms with Gasteiger partial charge in [0.2, 0.25) is 0 Å². The second kappa shape index (κ2) is 15.4. The van der Waals surface area contributed by atoms with Crippen LogP contribution in [-0.2, 0) is 19.4 Å². The van der Waals surface area contributed by atoms with E-state index in [9.17, 15) is 18.0 Å². The Bertz CT molecular complexity index is 1140. The van der Waals surface area contributed by atoms with Gasteiger partial charge in [-0.15, -0.1) is 0 Å². The topological polar surface area (TPSA) is 94.3 Å². The van der Waals surface area contributed by atoms with Gasteiger partial charge in [-0.2, -0.15) is 0 Å². The molecule has 0 radical (unpaired) electrons.